The largest absolute Gasteiger partial charge is 0.327 e. The van der Waals surface area contributed by atoms with Crippen LogP contribution in [-0.2, 0) is 5.41 Å². The van der Waals surface area contributed by atoms with Gasteiger partial charge in [0.15, 0.2) is 0 Å². The lowest BCUT2D eigenvalue weighted by Crippen LogP contribution is -2.59. The van der Waals surface area contributed by atoms with E-state index < -0.39 is 0 Å². The average Bonchev–Trinajstić information content (AvgIpc) is 2.40. The fraction of sp³-hybridized carbons (Fsp3) is 0.700. The van der Waals surface area contributed by atoms with Gasteiger partial charge in [0.1, 0.15) is 0 Å². The molecule has 3 atom stereocenters. The zero-order chi connectivity index (χ0) is 14.8. The van der Waals surface area contributed by atoms with Crippen LogP contribution in [0.5, 0.6) is 0 Å². The van der Waals surface area contributed by atoms with E-state index in [9.17, 15) is 0 Å². The first-order valence-corrected chi connectivity index (χ1v) is 8.76. The maximum absolute atomic E-state index is 6.48. The molecule has 0 amide bonds. The van der Waals surface area contributed by atoms with Crippen LogP contribution in [0.1, 0.15) is 62.1 Å². The second-order valence-electron chi connectivity index (χ2n) is 8.69. The topological polar surface area (TPSA) is 26.0 Å². The first-order chi connectivity index (χ1) is 9.92. The van der Waals surface area contributed by atoms with Crippen molar-refractivity contribution in [2.75, 3.05) is 0 Å². The van der Waals surface area contributed by atoms with Gasteiger partial charge in [-0.1, -0.05) is 18.2 Å². The van der Waals surface area contributed by atoms with Gasteiger partial charge in [-0.05, 0) is 98.7 Å². The van der Waals surface area contributed by atoms with Gasteiger partial charge in [0.05, 0.1) is 0 Å². The highest BCUT2D eigenvalue weighted by Crippen LogP contribution is 2.66. The maximum Gasteiger partial charge on any atom is 0.00675 e. The van der Waals surface area contributed by atoms with E-state index in [0.29, 0.717) is 16.9 Å². The molecular weight excluding hydrogens is 254 g/mol. The summed E-state index contributed by atoms with van der Waals surface area (Å²) >= 11 is 0. The molecule has 1 aromatic carbocycles. The number of hydrogen-bond acceptors (Lipinski definition) is 1. The molecular formula is C20H29N. The fourth-order valence-electron chi connectivity index (χ4n) is 6.28. The minimum atomic E-state index is 0.356. The Hall–Kier alpha value is -0.820. The first kappa shape index (κ1) is 13.8. The third-order valence-electron chi connectivity index (χ3n) is 7.19. The molecule has 3 unspecified atom stereocenters. The smallest absolute Gasteiger partial charge is 0.00675 e. The third-order valence-corrected chi connectivity index (χ3v) is 7.19. The van der Waals surface area contributed by atoms with Gasteiger partial charge in [0.2, 0.25) is 0 Å². The summed E-state index contributed by atoms with van der Waals surface area (Å²) in [5.41, 5.74) is 11.9. The summed E-state index contributed by atoms with van der Waals surface area (Å²) in [6.07, 6.45) is 8.44. The number of rotatable bonds is 2. The van der Waals surface area contributed by atoms with Crippen LogP contribution in [0.25, 0.3) is 0 Å². The van der Waals surface area contributed by atoms with E-state index >= 15 is 0 Å². The van der Waals surface area contributed by atoms with E-state index in [1.807, 2.05) is 0 Å². The predicted molar refractivity (Wildman–Crippen MR) is 88.4 cm³/mol. The molecule has 4 fully saturated rings. The van der Waals surface area contributed by atoms with Gasteiger partial charge < -0.3 is 5.73 Å². The Labute approximate surface area is 129 Å². The molecule has 1 aromatic rings. The van der Waals surface area contributed by atoms with Gasteiger partial charge in [-0.2, -0.15) is 0 Å². The Bertz CT molecular complexity index is 557. The molecule has 0 spiro atoms. The lowest BCUT2D eigenvalue weighted by molar-refractivity contribution is -0.0822. The van der Waals surface area contributed by atoms with Crippen LogP contribution in [0.15, 0.2) is 18.2 Å². The van der Waals surface area contributed by atoms with Crippen LogP contribution in [0.4, 0.5) is 0 Å². The first-order valence-electron chi connectivity index (χ1n) is 8.76. The molecule has 0 heterocycles. The molecule has 114 valence electrons. The molecule has 0 saturated heterocycles. The molecule has 4 aliphatic rings. The summed E-state index contributed by atoms with van der Waals surface area (Å²) in [4.78, 5) is 0. The third kappa shape index (κ3) is 1.93. The van der Waals surface area contributed by atoms with E-state index in [1.54, 1.807) is 5.56 Å². The highest BCUT2D eigenvalue weighted by atomic mass is 14.7. The van der Waals surface area contributed by atoms with Gasteiger partial charge in [0.25, 0.3) is 0 Å². The van der Waals surface area contributed by atoms with Gasteiger partial charge in [-0.3, -0.25) is 0 Å². The normalized spacial score (nSPS) is 42.3. The maximum atomic E-state index is 6.48. The number of aryl methyl sites for hydroxylation is 2. The summed E-state index contributed by atoms with van der Waals surface area (Å²) in [5.74, 6) is 1.86. The van der Waals surface area contributed by atoms with E-state index in [4.69, 9.17) is 5.73 Å². The SMILES string of the molecule is Cc1ccc(C23CC4CC(C2)CC(C(C)N)(C4)C3)cc1C. The Morgan fingerprint density at radius 3 is 2.29 bits per heavy atom. The summed E-state index contributed by atoms with van der Waals surface area (Å²) in [6, 6.07) is 7.60. The zero-order valence-corrected chi connectivity index (χ0v) is 13.8. The van der Waals surface area contributed by atoms with Crippen molar-refractivity contribution in [1.29, 1.82) is 0 Å². The Morgan fingerprint density at radius 2 is 1.71 bits per heavy atom. The molecule has 0 radical (unpaired) electrons. The van der Waals surface area contributed by atoms with Crippen LogP contribution >= 0.6 is 0 Å². The molecule has 4 aliphatic carbocycles. The van der Waals surface area contributed by atoms with Crippen molar-refractivity contribution < 1.29 is 0 Å². The lowest BCUT2D eigenvalue weighted by atomic mass is 9.41. The lowest BCUT2D eigenvalue weighted by Gasteiger charge is -2.64. The van der Waals surface area contributed by atoms with Gasteiger partial charge >= 0.3 is 0 Å². The molecule has 5 rings (SSSR count). The highest BCUT2D eigenvalue weighted by Gasteiger charge is 2.59. The van der Waals surface area contributed by atoms with Crippen molar-refractivity contribution >= 4 is 0 Å². The predicted octanol–water partition coefficient (Wildman–Crippen LogP) is 4.49. The number of benzene rings is 1. The van der Waals surface area contributed by atoms with Gasteiger partial charge in [-0.25, -0.2) is 0 Å². The van der Waals surface area contributed by atoms with Crippen LogP contribution in [0, 0.1) is 31.1 Å². The second-order valence-corrected chi connectivity index (χ2v) is 8.69. The van der Waals surface area contributed by atoms with E-state index in [0.717, 1.165) is 11.8 Å². The van der Waals surface area contributed by atoms with Crippen molar-refractivity contribution in [2.24, 2.45) is 23.0 Å². The molecule has 0 aliphatic heterocycles. The highest BCUT2D eigenvalue weighted by molar-refractivity contribution is 5.37. The van der Waals surface area contributed by atoms with E-state index in [2.05, 4.69) is 39.0 Å². The molecule has 0 aromatic heterocycles. The minimum Gasteiger partial charge on any atom is -0.327 e. The van der Waals surface area contributed by atoms with Crippen LogP contribution in [0.2, 0.25) is 0 Å². The van der Waals surface area contributed by atoms with Crippen molar-refractivity contribution in [3.8, 4) is 0 Å². The molecule has 1 nitrogen and oxygen atoms in total. The molecule has 4 bridgehead atoms. The molecule has 21 heavy (non-hydrogen) atoms. The second kappa shape index (κ2) is 4.35. The summed E-state index contributed by atoms with van der Waals surface area (Å²) < 4.78 is 0. The average molecular weight is 283 g/mol. The standard InChI is InChI=1S/C20H29N/c1-13-4-5-18(6-14(13)2)20-10-16-7-17(11-20)9-19(8-16,12-20)15(3)21/h4-6,15-17H,7-12,21H2,1-3H3. The zero-order valence-electron chi connectivity index (χ0n) is 13.8. The monoisotopic (exact) mass is 283 g/mol. The number of nitrogens with two attached hydrogens (primary N) is 1. The van der Waals surface area contributed by atoms with Gasteiger partial charge in [-0.15, -0.1) is 0 Å². The molecule has 2 N–H and O–H groups in total. The Morgan fingerprint density at radius 1 is 1.05 bits per heavy atom. The quantitative estimate of drug-likeness (QED) is 0.850. The fourth-order valence-corrected chi connectivity index (χ4v) is 6.28. The molecule has 4 saturated carbocycles. The number of hydrogen-bond donors (Lipinski definition) is 1. The Kier molecular flexibility index (Phi) is 2.86. The van der Waals surface area contributed by atoms with Crippen LogP contribution in [-0.4, -0.2) is 6.04 Å². The summed E-state index contributed by atoms with van der Waals surface area (Å²) in [6.45, 7) is 6.75. The van der Waals surface area contributed by atoms with Crippen LogP contribution < -0.4 is 5.73 Å². The summed E-state index contributed by atoms with van der Waals surface area (Å²) in [5, 5.41) is 0. The minimum absolute atomic E-state index is 0.356. The van der Waals surface area contributed by atoms with Crippen molar-refractivity contribution in [3.05, 3.63) is 34.9 Å². The van der Waals surface area contributed by atoms with Crippen molar-refractivity contribution in [3.63, 3.8) is 0 Å². The van der Waals surface area contributed by atoms with E-state index in [-0.39, 0.29) is 0 Å². The Balaban J connectivity index is 1.78. The van der Waals surface area contributed by atoms with E-state index in [1.165, 1.54) is 49.7 Å². The summed E-state index contributed by atoms with van der Waals surface area (Å²) in [7, 11) is 0. The van der Waals surface area contributed by atoms with Crippen molar-refractivity contribution in [2.45, 2.75) is 70.8 Å². The molecule has 1 heteroatoms. The van der Waals surface area contributed by atoms with Crippen molar-refractivity contribution in [1.82, 2.24) is 0 Å². The van der Waals surface area contributed by atoms with Gasteiger partial charge in [0, 0.05) is 6.04 Å². The van der Waals surface area contributed by atoms with Crippen LogP contribution in [0.3, 0.4) is 0 Å².